The lowest BCUT2D eigenvalue weighted by Gasteiger charge is -2.26. The van der Waals surface area contributed by atoms with E-state index in [1.54, 1.807) is 18.2 Å². The first-order chi connectivity index (χ1) is 12.6. The summed E-state index contributed by atoms with van der Waals surface area (Å²) < 4.78 is 5.47. The molecule has 2 saturated heterocycles. The number of carbonyl (C=O) groups excluding carboxylic acids is 2. The fourth-order valence-corrected chi connectivity index (χ4v) is 3.71. The highest BCUT2D eigenvalue weighted by atomic mass is 16.5. The third kappa shape index (κ3) is 5.21. The summed E-state index contributed by atoms with van der Waals surface area (Å²) in [5.41, 5.74) is 0.810. The molecular formula is C20H28N2O4. The number of rotatable bonds is 4. The number of amides is 2. The van der Waals surface area contributed by atoms with E-state index in [0.717, 1.165) is 31.4 Å². The van der Waals surface area contributed by atoms with Crippen molar-refractivity contribution >= 4 is 11.8 Å². The van der Waals surface area contributed by atoms with E-state index in [-0.39, 0.29) is 24.0 Å². The highest BCUT2D eigenvalue weighted by Crippen LogP contribution is 2.19. The summed E-state index contributed by atoms with van der Waals surface area (Å²) in [4.78, 5) is 28.8. The van der Waals surface area contributed by atoms with E-state index in [1.807, 2.05) is 15.9 Å². The Kier molecular flexibility index (Phi) is 6.50. The molecule has 0 saturated carbocycles. The molecule has 6 heteroatoms. The summed E-state index contributed by atoms with van der Waals surface area (Å²) in [6.07, 6.45) is 3.74. The highest BCUT2D eigenvalue weighted by Gasteiger charge is 2.25. The largest absolute Gasteiger partial charge is 0.508 e. The first-order valence-corrected chi connectivity index (χ1v) is 9.53. The van der Waals surface area contributed by atoms with Crippen LogP contribution >= 0.6 is 0 Å². The van der Waals surface area contributed by atoms with E-state index in [1.165, 1.54) is 0 Å². The Morgan fingerprint density at radius 1 is 1.08 bits per heavy atom. The van der Waals surface area contributed by atoms with E-state index < -0.39 is 0 Å². The third-order valence-electron chi connectivity index (χ3n) is 5.19. The van der Waals surface area contributed by atoms with E-state index in [2.05, 4.69) is 0 Å². The molecule has 2 heterocycles. The van der Waals surface area contributed by atoms with Crippen LogP contribution < -0.4 is 0 Å². The van der Waals surface area contributed by atoms with Gasteiger partial charge >= 0.3 is 0 Å². The molecular weight excluding hydrogens is 332 g/mol. The molecule has 1 unspecified atom stereocenters. The predicted octanol–water partition coefficient (Wildman–Crippen LogP) is 1.81. The molecule has 2 aliphatic heterocycles. The Bertz CT molecular complexity index is 628. The van der Waals surface area contributed by atoms with Gasteiger partial charge in [0.1, 0.15) is 5.75 Å². The molecule has 2 aliphatic rings. The molecule has 0 aromatic heterocycles. The van der Waals surface area contributed by atoms with Gasteiger partial charge in [-0.1, -0.05) is 12.1 Å². The molecule has 1 aromatic rings. The lowest BCUT2D eigenvalue weighted by molar-refractivity contribution is -0.134. The number of hydrogen-bond acceptors (Lipinski definition) is 4. The summed E-state index contributed by atoms with van der Waals surface area (Å²) >= 11 is 0. The van der Waals surface area contributed by atoms with E-state index in [0.29, 0.717) is 45.1 Å². The van der Waals surface area contributed by atoms with Crippen molar-refractivity contribution in [2.75, 3.05) is 39.4 Å². The molecule has 0 bridgehead atoms. The Morgan fingerprint density at radius 3 is 2.54 bits per heavy atom. The van der Waals surface area contributed by atoms with Crippen LogP contribution in [0.1, 0.15) is 31.2 Å². The summed E-state index contributed by atoms with van der Waals surface area (Å²) in [5, 5.41) is 9.53. The molecule has 0 spiro atoms. The Labute approximate surface area is 154 Å². The van der Waals surface area contributed by atoms with Crippen molar-refractivity contribution < 1.29 is 19.4 Å². The average Bonchev–Trinajstić information content (AvgIpc) is 2.89. The zero-order valence-electron chi connectivity index (χ0n) is 15.2. The molecule has 6 nitrogen and oxygen atoms in total. The Hall–Kier alpha value is -2.08. The maximum atomic E-state index is 12.6. The van der Waals surface area contributed by atoms with Crippen molar-refractivity contribution in [2.24, 2.45) is 5.92 Å². The topological polar surface area (TPSA) is 70.1 Å². The number of hydrogen-bond donors (Lipinski definition) is 1. The fourth-order valence-electron chi connectivity index (χ4n) is 3.71. The number of benzene rings is 1. The van der Waals surface area contributed by atoms with Crippen LogP contribution in [0, 0.1) is 5.92 Å². The number of carbonyl (C=O) groups is 2. The van der Waals surface area contributed by atoms with Crippen molar-refractivity contribution in [2.45, 2.75) is 32.1 Å². The van der Waals surface area contributed by atoms with Crippen LogP contribution in [-0.4, -0.2) is 66.1 Å². The molecule has 142 valence electrons. The zero-order valence-corrected chi connectivity index (χ0v) is 15.2. The second-order valence-corrected chi connectivity index (χ2v) is 7.25. The van der Waals surface area contributed by atoms with Crippen LogP contribution in [0.3, 0.4) is 0 Å². The average molecular weight is 360 g/mol. The van der Waals surface area contributed by atoms with Crippen molar-refractivity contribution in [1.82, 2.24) is 9.80 Å². The second-order valence-electron chi connectivity index (χ2n) is 7.25. The van der Waals surface area contributed by atoms with Crippen molar-refractivity contribution in [3.63, 3.8) is 0 Å². The van der Waals surface area contributed by atoms with E-state index >= 15 is 0 Å². The Balaban J connectivity index is 1.49. The van der Waals surface area contributed by atoms with Gasteiger partial charge in [0, 0.05) is 45.8 Å². The van der Waals surface area contributed by atoms with Crippen LogP contribution in [0.25, 0.3) is 0 Å². The molecule has 1 N–H and O–H groups in total. The molecule has 1 atom stereocenters. The first-order valence-electron chi connectivity index (χ1n) is 9.53. The minimum absolute atomic E-state index is 0.0468. The molecule has 2 amide bonds. The highest BCUT2D eigenvalue weighted by molar-refractivity contribution is 5.79. The minimum atomic E-state index is 0.0468. The molecule has 3 rings (SSSR count). The molecule has 1 aromatic carbocycles. The normalized spacial score (nSPS) is 21.3. The molecule has 0 aliphatic carbocycles. The first kappa shape index (κ1) is 18.7. The van der Waals surface area contributed by atoms with Crippen molar-refractivity contribution in [3.8, 4) is 5.75 Å². The van der Waals surface area contributed by atoms with Gasteiger partial charge in [-0.2, -0.15) is 0 Å². The monoisotopic (exact) mass is 360 g/mol. The predicted molar refractivity (Wildman–Crippen MR) is 97.7 cm³/mol. The van der Waals surface area contributed by atoms with Crippen LogP contribution in [0.15, 0.2) is 24.3 Å². The summed E-state index contributed by atoms with van der Waals surface area (Å²) in [6.45, 7) is 4.05. The standard InChI is InChI=1S/C20H28N2O4/c23-18-6-1-4-16(12-18)13-19(24)21-7-3-8-22(10-9-21)20(25)14-17-5-2-11-26-15-17/h1,4,6,12,17,23H,2-3,5,7-11,13-15H2. The van der Waals surface area contributed by atoms with Gasteiger partial charge in [0.15, 0.2) is 0 Å². The van der Waals surface area contributed by atoms with Crippen LogP contribution in [0.2, 0.25) is 0 Å². The van der Waals surface area contributed by atoms with Gasteiger partial charge in [0.25, 0.3) is 0 Å². The number of aromatic hydroxyl groups is 1. The maximum absolute atomic E-state index is 12.6. The van der Waals surface area contributed by atoms with Gasteiger partial charge < -0.3 is 19.6 Å². The lowest BCUT2D eigenvalue weighted by Crippen LogP contribution is -2.38. The van der Waals surface area contributed by atoms with Gasteiger partial charge in [-0.25, -0.2) is 0 Å². The zero-order chi connectivity index (χ0) is 18.4. The van der Waals surface area contributed by atoms with Gasteiger partial charge in [-0.3, -0.25) is 9.59 Å². The molecule has 26 heavy (non-hydrogen) atoms. The van der Waals surface area contributed by atoms with Crippen LogP contribution in [0.5, 0.6) is 5.75 Å². The number of phenolic OH excluding ortho intramolecular Hbond substituents is 1. The van der Waals surface area contributed by atoms with Crippen molar-refractivity contribution in [3.05, 3.63) is 29.8 Å². The van der Waals surface area contributed by atoms with Gasteiger partial charge in [-0.05, 0) is 42.9 Å². The summed E-state index contributed by atoms with van der Waals surface area (Å²) in [5.74, 6) is 0.742. The van der Waals surface area contributed by atoms with Gasteiger partial charge in [0.2, 0.25) is 11.8 Å². The quantitative estimate of drug-likeness (QED) is 0.889. The molecule has 2 fully saturated rings. The van der Waals surface area contributed by atoms with Gasteiger partial charge in [-0.15, -0.1) is 0 Å². The third-order valence-corrected chi connectivity index (χ3v) is 5.19. The van der Waals surface area contributed by atoms with Crippen LogP contribution in [0.4, 0.5) is 0 Å². The number of phenols is 1. The maximum Gasteiger partial charge on any atom is 0.227 e. The summed E-state index contributed by atoms with van der Waals surface area (Å²) in [7, 11) is 0. The van der Waals surface area contributed by atoms with Crippen molar-refractivity contribution in [1.29, 1.82) is 0 Å². The van der Waals surface area contributed by atoms with E-state index in [4.69, 9.17) is 4.74 Å². The number of ether oxygens (including phenoxy) is 1. The van der Waals surface area contributed by atoms with E-state index in [9.17, 15) is 14.7 Å². The van der Waals surface area contributed by atoms with Crippen LogP contribution in [-0.2, 0) is 20.7 Å². The Morgan fingerprint density at radius 2 is 1.85 bits per heavy atom. The lowest BCUT2D eigenvalue weighted by atomic mass is 9.98. The second kappa shape index (κ2) is 9.03. The summed E-state index contributed by atoms with van der Waals surface area (Å²) in [6, 6.07) is 6.81. The fraction of sp³-hybridized carbons (Fsp3) is 0.600. The van der Waals surface area contributed by atoms with Gasteiger partial charge in [0.05, 0.1) is 6.42 Å². The molecule has 0 radical (unpaired) electrons. The minimum Gasteiger partial charge on any atom is -0.508 e. The smallest absolute Gasteiger partial charge is 0.227 e. The SMILES string of the molecule is O=C(Cc1cccc(O)c1)N1CCCN(C(=O)CC2CCCOC2)CC1. The number of nitrogens with zero attached hydrogens (tertiary/aromatic N) is 2.